The quantitative estimate of drug-likeness (QED) is 0.704. The van der Waals surface area contributed by atoms with E-state index in [2.05, 4.69) is 24.7 Å². The number of amides is 1. The minimum Gasteiger partial charge on any atom is -0.342 e. The fourth-order valence-electron chi connectivity index (χ4n) is 5.66. The predicted octanol–water partition coefficient (Wildman–Crippen LogP) is 3.98. The van der Waals surface area contributed by atoms with Gasteiger partial charge in [-0.1, -0.05) is 18.6 Å². The number of carbonyl (C=O) groups is 1. The predicted molar refractivity (Wildman–Crippen MR) is 127 cm³/mol. The van der Waals surface area contributed by atoms with E-state index in [1.165, 1.54) is 44.5 Å². The number of anilines is 1. The maximum atomic E-state index is 13.5. The Balaban J connectivity index is 1.17. The first-order valence-corrected chi connectivity index (χ1v) is 12.5. The summed E-state index contributed by atoms with van der Waals surface area (Å²) < 4.78 is 13.5. The summed E-state index contributed by atoms with van der Waals surface area (Å²) in [6, 6.07) is 7.12. The van der Waals surface area contributed by atoms with Gasteiger partial charge >= 0.3 is 0 Å². The van der Waals surface area contributed by atoms with Crippen LogP contribution in [0.2, 0.25) is 0 Å². The number of nitrogens with zero attached hydrogens (tertiary/aromatic N) is 5. The molecule has 0 N–H and O–H groups in total. The monoisotopic (exact) mass is 451 g/mol. The molecule has 3 fully saturated rings. The Bertz CT molecular complexity index is 938. The van der Waals surface area contributed by atoms with Gasteiger partial charge in [-0.3, -0.25) is 4.79 Å². The van der Waals surface area contributed by atoms with Gasteiger partial charge in [-0.2, -0.15) is 0 Å². The van der Waals surface area contributed by atoms with Crippen molar-refractivity contribution in [2.75, 3.05) is 44.2 Å². The molecule has 0 unspecified atom stereocenters. The maximum Gasteiger partial charge on any atom is 0.227 e. The summed E-state index contributed by atoms with van der Waals surface area (Å²) in [6.45, 7) is 5.76. The molecule has 176 valence electrons. The van der Waals surface area contributed by atoms with E-state index < -0.39 is 0 Å². The zero-order valence-corrected chi connectivity index (χ0v) is 19.3. The van der Waals surface area contributed by atoms with E-state index in [1.807, 2.05) is 6.07 Å². The van der Waals surface area contributed by atoms with E-state index in [0.717, 1.165) is 56.4 Å². The Morgan fingerprint density at radius 2 is 1.64 bits per heavy atom. The van der Waals surface area contributed by atoms with Crippen molar-refractivity contribution in [2.24, 2.45) is 5.92 Å². The summed E-state index contributed by atoms with van der Waals surface area (Å²) in [7, 11) is 0. The van der Waals surface area contributed by atoms with Gasteiger partial charge in [-0.25, -0.2) is 14.4 Å². The first kappa shape index (κ1) is 22.3. The molecule has 4 heterocycles. The van der Waals surface area contributed by atoms with Crippen molar-refractivity contribution < 1.29 is 9.18 Å². The van der Waals surface area contributed by atoms with Crippen LogP contribution in [-0.2, 0) is 4.79 Å². The lowest BCUT2D eigenvalue weighted by molar-refractivity contribution is -0.137. The van der Waals surface area contributed by atoms with Gasteiger partial charge in [0, 0.05) is 50.2 Å². The van der Waals surface area contributed by atoms with Crippen molar-refractivity contribution in [1.29, 1.82) is 0 Å². The molecular weight excluding hydrogens is 417 g/mol. The van der Waals surface area contributed by atoms with Gasteiger partial charge < -0.3 is 14.7 Å². The van der Waals surface area contributed by atoms with Crippen LogP contribution < -0.4 is 4.90 Å². The highest BCUT2D eigenvalue weighted by Crippen LogP contribution is 2.27. The number of piperidine rings is 3. The normalized spacial score (nSPS) is 23.0. The lowest BCUT2D eigenvalue weighted by Crippen LogP contribution is -2.51. The Morgan fingerprint density at radius 1 is 0.879 bits per heavy atom. The second-order valence-corrected chi connectivity index (χ2v) is 9.72. The molecule has 33 heavy (non-hydrogen) atoms. The number of likely N-dealkylation sites (tertiary alicyclic amines) is 2. The van der Waals surface area contributed by atoms with Crippen LogP contribution in [0.3, 0.4) is 0 Å². The first-order chi connectivity index (χ1) is 16.2. The number of rotatable bonds is 4. The van der Waals surface area contributed by atoms with Gasteiger partial charge in [0.15, 0.2) is 0 Å². The summed E-state index contributed by atoms with van der Waals surface area (Å²) in [5.41, 5.74) is 1.56. The number of hydrogen-bond acceptors (Lipinski definition) is 5. The average molecular weight is 452 g/mol. The summed E-state index contributed by atoms with van der Waals surface area (Å²) in [5, 5.41) is 0. The molecule has 7 heteroatoms. The van der Waals surface area contributed by atoms with Gasteiger partial charge in [0.2, 0.25) is 11.9 Å². The second kappa shape index (κ2) is 10.2. The van der Waals surface area contributed by atoms with Gasteiger partial charge in [0.1, 0.15) is 5.82 Å². The largest absolute Gasteiger partial charge is 0.342 e. The molecule has 3 aliphatic rings. The zero-order valence-electron chi connectivity index (χ0n) is 19.3. The van der Waals surface area contributed by atoms with Crippen molar-refractivity contribution >= 4 is 11.9 Å². The van der Waals surface area contributed by atoms with Crippen molar-refractivity contribution in [3.63, 3.8) is 0 Å². The van der Waals surface area contributed by atoms with E-state index in [0.29, 0.717) is 24.4 Å². The summed E-state index contributed by atoms with van der Waals surface area (Å²) in [6.07, 6.45) is 11.6. The molecule has 0 spiro atoms. The molecule has 0 radical (unpaired) electrons. The van der Waals surface area contributed by atoms with Gasteiger partial charge in [0.25, 0.3) is 0 Å². The maximum absolute atomic E-state index is 13.5. The topological polar surface area (TPSA) is 52.6 Å². The van der Waals surface area contributed by atoms with Crippen molar-refractivity contribution in [3.8, 4) is 11.1 Å². The summed E-state index contributed by atoms with van der Waals surface area (Å²) in [5.74, 6) is 0.690. The number of benzene rings is 1. The molecule has 1 atom stereocenters. The molecule has 1 aromatic carbocycles. The van der Waals surface area contributed by atoms with E-state index in [-0.39, 0.29) is 11.7 Å². The van der Waals surface area contributed by atoms with Gasteiger partial charge in [-0.05, 0) is 69.3 Å². The minimum absolute atomic E-state index is 0.0109. The number of halogens is 1. The third kappa shape index (κ3) is 5.18. The van der Waals surface area contributed by atoms with Crippen LogP contribution >= 0.6 is 0 Å². The summed E-state index contributed by atoms with van der Waals surface area (Å²) >= 11 is 0. The van der Waals surface area contributed by atoms with Crippen LogP contribution in [0, 0.1) is 11.7 Å². The van der Waals surface area contributed by atoms with E-state index in [4.69, 9.17) is 0 Å². The highest BCUT2D eigenvalue weighted by atomic mass is 19.1. The standard InChI is InChI=1S/C26H34FN5O/c27-23-8-4-6-20(16-23)22-17-28-26(29-18-22)32-13-5-7-21(19-32)25(33)31-14-9-24(10-15-31)30-11-2-1-3-12-30/h4,6,8,16-18,21,24H,1-3,5,7,9-15,19H2/t21-/m0/s1. The smallest absolute Gasteiger partial charge is 0.227 e. The van der Waals surface area contributed by atoms with E-state index >= 15 is 0 Å². The first-order valence-electron chi connectivity index (χ1n) is 12.5. The fraction of sp³-hybridized carbons (Fsp3) is 0.577. The third-order valence-corrected chi connectivity index (χ3v) is 7.53. The highest BCUT2D eigenvalue weighted by Gasteiger charge is 2.33. The molecule has 0 aliphatic carbocycles. The Kier molecular flexibility index (Phi) is 6.85. The fourth-order valence-corrected chi connectivity index (χ4v) is 5.66. The van der Waals surface area contributed by atoms with E-state index in [1.54, 1.807) is 18.5 Å². The Morgan fingerprint density at radius 3 is 2.36 bits per heavy atom. The van der Waals surface area contributed by atoms with Crippen molar-refractivity contribution in [2.45, 2.75) is 51.0 Å². The Hall–Kier alpha value is -2.54. The lowest BCUT2D eigenvalue weighted by atomic mass is 9.94. The van der Waals surface area contributed by atoms with Crippen molar-refractivity contribution in [3.05, 3.63) is 42.5 Å². The molecular formula is C26H34FN5O. The molecule has 3 aliphatic heterocycles. The molecule has 1 amide bonds. The van der Waals surface area contributed by atoms with Crippen molar-refractivity contribution in [1.82, 2.24) is 19.8 Å². The van der Waals surface area contributed by atoms with Crippen LogP contribution in [-0.4, -0.2) is 71.0 Å². The number of hydrogen-bond donors (Lipinski definition) is 0. The van der Waals surface area contributed by atoms with Crippen LogP contribution in [0.4, 0.5) is 10.3 Å². The SMILES string of the molecule is O=C([C@H]1CCCN(c2ncc(-c3cccc(F)c3)cn2)C1)N1CCC(N2CCCCC2)CC1. The molecule has 3 saturated heterocycles. The van der Waals surface area contributed by atoms with Crippen LogP contribution in [0.25, 0.3) is 11.1 Å². The highest BCUT2D eigenvalue weighted by molar-refractivity contribution is 5.79. The zero-order chi connectivity index (χ0) is 22.6. The molecule has 5 rings (SSSR count). The molecule has 6 nitrogen and oxygen atoms in total. The molecule has 0 saturated carbocycles. The van der Waals surface area contributed by atoms with E-state index in [9.17, 15) is 9.18 Å². The van der Waals surface area contributed by atoms with Crippen LogP contribution in [0.1, 0.15) is 44.9 Å². The molecule has 1 aromatic heterocycles. The lowest BCUT2D eigenvalue weighted by Gasteiger charge is -2.42. The second-order valence-electron chi connectivity index (χ2n) is 9.72. The number of carbonyl (C=O) groups excluding carboxylic acids is 1. The molecule has 0 bridgehead atoms. The third-order valence-electron chi connectivity index (χ3n) is 7.53. The minimum atomic E-state index is -0.270. The Labute approximate surface area is 195 Å². The summed E-state index contributed by atoms with van der Waals surface area (Å²) in [4.78, 5) is 29.2. The average Bonchev–Trinajstić information content (AvgIpc) is 2.89. The van der Waals surface area contributed by atoms with Gasteiger partial charge in [-0.15, -0.1) is 0 Å². The van der Waals surface area contributed by atoms with Crippen LogP contribution in [0.5, 0.6) is 0 Å². The molecule has 2 aromatic rings. The number of aromatic nitrogens is 2. The van der Waals surface area contributed by atoms with Crippen LogP contribution in [0.15, 0.2) is 36.7 Å². The van der Waals surface area contributed by atoms with Gasteiger partial charge in [0.05, 0.1) is 5.92 Å².